The second-order valence-corrected chi connectivity index (χ2v) is 4.16. The van der Waals surface area contributed by atoms with Gasteiger partial charge in [0.05, 0.1) is 0 Å². The molecule has 116 valence electrons. The summed E-state index contributed by atoms with van der Waals surface area (Å²) in [7, 11) is 0. The van der Waals surface area contributed by atoms with Crippen LogP contribution in [0.3, 0.4) is 0 Å². The molecule has 22 heavy (non-hydrogen) atoms. The highest BCUT2D eigenvalue weighted by molar-refractivity contribution is 5.92. The van der Waals surface area contributed by atoms with Crippen LogP contribution < -0.4 is 11.5 Å². The van der Waals surface area contributed by atoms with Crippen LogP contribution in [0.4, 0.5) is 11.4 Å². The molecule has 0 saturated heterocycles. The zero-order valence-corrected chi connectivity index (χ0v) is 11.2. The molecule has 8 heteroatoms. The van der Waals surface area contributed by atoms with Crippen LogP contribution in [0.1, 0.15) is 20.7 Å². The van der Waals surface area contributed by atoms with Gasteiger partial charge in [0, 0.05) is 11.4 Å². The Kier molecular flexibility index (Phi) is 5.17. The average molecular weight is 306 g/mol. The predicted molar refractivity (Wildman–Crippen MR) is 79.0 cm³/mol. The molecule has 0 heterocycles. The van der Waals surface area contributed by atoms with E-state index in [1.54, 1.807) is 0 Å². The maximum atomic E-state index is 10.4. The van der Waals surface area contributed by atoms with Gasteiger partial charge in [0.1, 0.15) is 22.6 Å². The molecule has 8 N–H and O–H groups in total. The molecule has 8 nitrogen and oxygen atoms in total. The monoisotopic (exact) mass is 306 g/mol. The number of anilines is 2. The van der Waals surface area contributed by atoms with Crippen molar-refractivity contribution in [1.82, 2.24) is 0 Å². The molecule has 0 saturated carbocycles. The summed E-state index contributed by atoms with van der Waals surface area (Å²) in [5.74, 6) is -2.91. The Morgan fingerprint density at radius 1 is 0.727 bits per heavy atom. The van der Waals surface area contributed by atoms with Gasteiger partial charge in [-0.25, -0.2) is 9.59 Å². The number of hydrogen-bond acceptors (Lipinski definition) is 6. The molecule has 0 aliphatic heterocycles. The summed E-state index contributed by atoms with van der Waals surface area (Å²) >= 11 is 0. The van der Waals surface area contributed by atoms with E-state index in [4.69, 9.17) is 31.9 Å². The van der Waals surface area contributed by atoms with E-state index in [2.05, 4.69) is 0 Å². The molecular weight excluding hydrogens is 292 g/mol. The number of carboxylic acids is 2. The minimum atomic E-state index is -1.19. The van der Waals surface area contributed by atoms with E-state index >= 15 is 0 Å². The zero-order valence-electron chi connectivity index (χ0n) is 11.2. The van der Waals surface area contributed by atoms with Gasteiger partial charge in [0.15, 0.2) is 0 Å². The van der Waals surface area contributed by atoms with Crippen molar-refractivity contribution in [2.24, 2.45) is 0 Å². The van der Waals surface area contributed by atoms with Gasteiger partial charge in [0.2, 0.25) is 0 Å². The normalized spacial score (nSPS) is 9.45. The van der Waals surface area contributed by atoms with E-state index < -0.39 is 11.9 Å². The molecule has 0 bridgehead atoms. The van der Waals surface area contributed by atoms with E-state index in [0.29, 0.717) is 11.4 Å². The molecular formula is C14H14N2O6. The Morgan fingerprint density at radius 2 is 1.05 bits per heavy atom. The highest BCUT2D eigenvalue weighted by Crippen LogP contribution is 2.19. The van der Waals surface area contributed by atoms with Crippen LogP contribution in [-0.4, -0.2) is 32.4 Å². The molecule has 2 aromatic carbocycles. The van der Waals surface area contributed by atoms with Gasteiger partial charge < -0.3 is 31.9 Å². The van der Waals surface area contributed by atoms with Crippen molar-refractivity contribution in [1.29, 1.82) is 0 Å². The van der Waals surface area contributed by atoms with Gasteiger partial charge >= 0.3 is 11.9 Å². The Hall–Kier alpha value is -3.42. The molecule has 0 aliphatic rings. The Morgan fingerprint density at radius 3 is 1.27 bits per heavy atom. The number of phenols is 2. The fraction of sp³-hybridized carbons (Fsp3) is 0. The fourth-order valence-corrected chi connectivity index (χ4v) is 1.45. The maximum Gasteiger partial charge on any atom is 0.339 e. The molecule has 0 fully saturated rings. The van der Waals surface area contributed by atoms with Crippen LogP contribution in [0.25, 0.3) is 0 Å². The maximum absolute atomic E-state index is 10.4. The van der Waals surface area contributed by atoms with Crippen molar-refractivity contribution in [3.8, 4) is 11.5 Å². The lowest BCUT2D eigenvalue weighted by molar-refractivity contribution is 0.0682. The highest BCUT2D eigenvalue weighted by Gasteiger charge is 2.08. The minimum absolute atomic E-state index is 0.176. The van der Waals surface area contributed by atoms with Crippen molar-refractivity contribution in [3.05, 3.63) is 47.5 Å². The summed E-state index contributed by atoms with van der Waals surface area (Å²) in [5.41, 5.74) is 10.9. The largest absolute Gasteiger partial charge is 0.507 e. The topological polar surface area (TPSA) is 167 Å². The highest BCUT2D eigenvalue weighted by atomic mass is 16.4. The summed E-state index contributed by atoms with van der Waals surface area (Å²) in [6.45, 7) is 0. The van der Waals surface area contributed by atoms with Gasteiger partial charge in [-0.3, -0.25) is 0 Å². The van der Waals surface area contributed by atoms with Gasteiger partial charge in [-0.2, -0.15) is 0 Å². The number of hydrogen-bond donors (Lipinski definition) is 6. The van der Waals surface area contributed by atoms with Gasteiger partial charge in [-0.05, 0) is 36.4 Å². The van der Waals surface area contributed by atoms with Crippen molar-refractivity contribution in [2.45, 2.75) is 0 Å². The summed E-state index contributed by atoms with van der Waals surface area (Å²) in [6.07, 6.45) is 0. The molecule has 0 aromatic heterocycles. The molecule has 0 aliphatic carbocycles. The second kappa shape index (κ2) is 6.84. The third kappa shape index (κ3) is 4.30. The third-order valence-electron chi connectivity index (χ3n) is 2.50. The first-order chi connectivity index (χ1) is 10.2. The number of carboxylic acid groups (broad SMARTS) is 2. The molecule has 0 atom stereocenters. The van der Waals surface area contributed by atoms with E-state index in [1.165, 1.54) is 36.4 Å². The van der Waals surface area contributed by atoms with Crippen LogP contribution in [0, 0.1) is 0 Å². The van der Waals surface area contributed by atoms with E-state index in [0.717, 1.165) is 0 Å². The molecule has 2 rings (SSSR count). The molecule has 0 radical (unpaired) electrons. The number of aromatic hydroxyl groups is 2. The quantitative estimate of drug-likeness (QED) is 0.357. The van der Waals surface area contributed by atoms with Gasteiger partial charge in [-0.15, -0.1) is 0 Å². The molecule has 2 aromatic rings. The van der Waals surface area contributed by atoms with Crippen molar-refractivity contribution in [2.75, 3.05) is 11.5 Å². The number of aromatic carboxylic acids is 2. The average Bonchev–Trinajstić information content (AvgIpc) is 2.44. The number of carbonyl (C=O) groups is 2. The molecule has 0 amide bonds. The summed E-state index contributed by atoms with van der Waals surface area (Å²) in [6, 6.07) is 7.77. The fourth-order valence-electron chi connectivity index (χ4n) is 1.45. The van der Waals surface area contributed by atoms with Gasteiger partial charge in [0.25, 0.3) is 0 Å². The van der Waals surface area contributed by atoms with Crippen LogP contribution in [0.2, 0.25) is 0 Å². The first-order valence-electron chi connectivity index (χ1n) is 5.86. The molecule has 0 spiro atoms. The summed E-state index contributed by atoms with van der Waals surface area (Å²) in [5, 5.41) is 34.9. The van der Waals surface area contributed by atoms with E-state index in [9.17, 15) is 9.59 Å². The first kappa shape index (κ1) is 16.6. The summed E-state index contributed by atoms with van der Waals surface area (Å²) in [4.78, 5) is 20.7. The van der Waals surface area contributed by atoms with E-state index in [-0.39, 0.29) is 22.6 Å². The SMILES string of the molecule is Nc1ccc(O)c(C(=O)O)c1.Nc1ccc(O)c(C(=O)O)c1. The van der Waals surface area contributed by atoms with Crippen LogP contribution in [0.5, 0.6) is 11.5 Å². The third-order valence-corrected chi connectivity index (χ3v) is 2.50. The van der Waals surface area contributed by atoms with Crippen LogP contribution in [-0.2, 0) is 0 Å². The van der Waals surface area contributed by atoms with Crippen LogP contribution in [0.15, 0.2) is 36.4 Å². The lowest BCUT2D eigenvalue weighted by atomic mass is 10.2. The van der Waals surface area contributed by atoms with Crippen LogP contribution >= 0.6 is 0 Å². The number of nitrogens with two attached hydrogens (primary N) is 2. The Bertz CT molecular complexity index is 653. The number of nitrogen functional groups attached to an aromatic ring is 2. The number of rotatable bonds is 2. The van der Waals surface area contributed by atoms with Crippen molar-refractivity contribution >= 4 is 23.3 Å². The zero-order chi connectivity index (χ0) is 16.9. The van der Waals surface area contributed by atoms with Crippen molar-refractivity contribution in [3.63, 3.8) is 0 Å². The minimum Gasteiger partial charge on any atom is -0.507 e. The second-order valence-electron chi connectivity index (χ2n) is 4.16. The molecule has 0 unspecified atom stereocenters. The summed E-state index contributed by atoms with van der Waals surface area (Å²) < 4.78 is 0. The lowest BCUT2D eigenvalue weighted by Crippen LogP contribution is -1.97. The Labute approximate surface area is 124 Å². The Balaban J connectivity index is 0.000000220. The lowest BCUT2D eigenvalue weighted by Gasteiger charge is -1.98. The predicted octanol–water partition coefficient (Wildman–Crippen LogP) is 1.35. The van der Waals surface area contributed by atoms with Crippen molar-refractivity contribution < 1.29 is 30.0 Å². The van der Waals surface area contributed by atoms with E-state index in [1.807, 2.05) is 0 Å². The standard InChI is InChI=1S/2C7H7NO3/c2*8-4-1-2-6(9)5(3-4)7(10)11/h2*1-3,9H,8H2,(H,10,11). The smallest absolute Gasteiger partial charge is 0.339 e. The number of benzene rings is 2. The first-order valence-corrected chi connectivity index (χ1v) is 5.86. The van der Waals surface area contributed by atoms with Gasteiger partial charge in [-0.1, -0.05) is 0 Å².